The Morgan fingerprint density at radius 3 is 2.63 bits per heavy atom. The average Bonchev–Trinajstić information content (AvgIpc) is 3.09. The van der Waals surface area contributed by atoms with Gasteiger partial charge in [0.1, 0.15) is 0 Å². The highest BCUT2D eigenvalue weighted by Crippen LogP contribution is 2.25. The van der Waals surface area contributed by atoms with Crippen molar-refractivity contribution in [3.05, 3.63) is 24.3 Å². The molecule has 7 heteroatoms. The lowest BCUT2D eigenvalue weighted by atomic mass is 10.1. The summed E-state index contributed by atoms with van der Waals surface area (Å²) in [7, 11) is 0. The molecule has 3 rings (SSSR count). The Kier molecular flexibility index (Phi) is 7.15. The fourth-order valence-corrected chi connectivity index (χ4v) is 4.47. The summed E-state index contributed by atoms with van der Waals surface area (Å²) in [4.78, 5) is 29.8. The summed E-state index contributed by atoms with van der Waals surface area (Å²) in [5, 5.41) is 13.3. The molecule has 2 heterocycles. The van der Waals surface area contributed by atoms with Gasteiger partial charge in [-0.15, -0.1) is 11.8 Å². The van der Waals surface area contributed by atoms with Gasteiger partial charge in [-0.3, -0.25) is 14.5 Å². The SMILES string of the molecule is CSc1ccccc1NC(=O)CCC(=O)N1C[C@H](O)[C@@H](N2CCCCC2)C1. The molecule has 0 spiro atoms. The Morgan fingerprint density at radius 2 is 1.89 bits per heavy atom. The van der Waals surface area contributed by atoms with Gasteiger partial charge in [-0.05, 0) is 44.3 Å². The van der Waals surface area contributed by atoms with E-state index in [0.717, 1.165) is 36.5 Å². The van der Waals surface area contributed by atoms with Crippen molar-refractivity contribution in [2.75, 3.05) is 37.8 Å². The molecule has 2 aliphatic heterocycles. The first-order valence-electron chi connectivity index (χ1n) is 9.71. The normalized spacial score (nSPS) is 23.4. The zero-order valence-corrected chi connectivity index (χ0v) is 16.7. The van der Waals surface area contributed by atoms with Crippen LogP contribution in [-0.2, 0) is 9.59 Å². The predicted molar refractivity (Wildman–Crippen MR) is 108 cm³/mol. The molecule has 0 saturated carbocycles. The van der Waals surface area contributed by atoms with Crippen molar-refractivity contribution in [1.29, 1.82) is 0 Å². The average molecular weight is 392 g/mol. The lowest BCUT2D eigenvalue weighted by Crippen LogP contribution is -2.46. The fraction of sp³-hybridized carbons (Fsp3) is 0.600. The van der Waals surface area contributed by atoms with E-state index >= 15 is 0 Å². The Bertz CT molecular complexity index is 664. The second-order valence-corrected chi connectivity index (χ2v) is 8.13. The maximum absolute atomic E-state index is 12.5. The first-order valence-corrected chi connectivity index (χ1v) is 10.9. The van der Waals surface area contributed by atoms with Crippen molar-refractivity contribution >= 4 is 29.3 Å². The molecule has 0 aromatic heterocycles. The number of β-amino-alcohol motifs (C(OH)–C–C–N with tert-alkyl or cyclic N) is 1. The highest BCUT2D eigenvalue weighted by molar-refractivity contribution is 7.98. The Hall–Kier alpha value is -1.57. The number of para-hydroxylation sites is 1. The van der Waals surface area contributed by atoms with E-state index < -0.39 is 6.10 Å². The molecule has 2 saturated heterocycles. The van der Waals surface area contributed by atoms with Crippen LogP contribution in [0.3, 0.4) is 0 Å². The first kappa shape index (κ1) is 20.2. The number of carbonyl (C=O) groups excluding carboxylic acids is 2. The minimum absolute atomic E-state index is 0.0385. The van der Waals surface area contributed by atoms with Crippen LogP contribution in [0.5, 0.6) is 0 Å². The van der Waals surface area contributed by atoms with Crippen LogP contribution in [0.1, 0.15) is 32.1 Å². The van der Waals surface area contributed by atoms with E-state index in [-0.39, 0.29) is 30.7 Å². The quantitative estimate of drug-likeness (QED) is 0.728. The van der Waals surface area contributed by atoms with E-state index in [9.17, 15) is 14.7 Å². The molecule has 1 aromatic rings. The molecule has 2 fully saturated rings. The molecule has 2 aliphatic rings. The van der Waals surface area contributed by atoms with Crippen molar-refractivity contribution in [2.24, 2.45) is 0 Å². The Morgan fingerprint density at radius 1 is 1.15 bits per heavy atom. The van der Waals surface area contributed by atoms with E-state index in [2.05, 4.69) is 10.2 Å². The van der Waals surface area contributed by atoms with Crippen LogP contribution in [0.2, 0.25) is 0 Å². The van der Waals surface area contributed by atoms with Crippen molar-refractivity contribution in [2.45, 2.75) is 49.1 Å². The number of hydrogen-bond donors (Lipinski definition) is 2. The molecule has 148 valence electrons. The van der Waals surface area contributed by atoms with Gasteiger partial charge in [0, 0.05) is 30.8 Å². The van der Waals surface area contributed by atoms with Crippen LogP contribution < -0.4 is 5.32 Å². The van der Waals surface area contributed by atoms with E-state index in [1.807, 2.05) is 30.5 Å². The molecule has 27 heavy (non-hydrogen) atoms. The van der Waals surface area contributed by atoms with Crippen LogP contribution in [0.4, 0.5) is 5.69 Å². The van der Waals surface area contributed by atoms with Crippen LogP contribution in [-0.4, -0.2) is 71.3 Å². The molecular formula is C20H29N3O3S. The number of likely N-dealkylation sites (tertiary alicyclic amines) is 2. The number of thioether (sulfide) groups is 1. The number of anilines is 1. The van der Waals surface area contributed by atoms with Gasteiger partial charge in [0.15, 0.2) is 0 Å². The summed E-state index contributed by atoms with van der Waals surface area (Å²) in [5.41, 5.74) is 0.782. The smallest absolute Gasteiger partial charge is 0.224 e. The first-order chi connectivity index (χ1) is 13.1. The molecule has 2 amide bonds. The second-order valence-electron chi connectivity index (χ2n) is 7.28. The number of rotatable bonds is 6. The fourth-order valence-electron chi connectivity index (χ4n) is 3.92. The Balaban J connectivity index is 1.47. The summed E-state index contributed by atoms with van der Waals surface area (Å²) in [5.74, 6) is -0.209. The lowest BCUT2D eigenvalue weighted by Gasteiger charge is -2.33. The molecule has 6 nitrogen and oxygen atoms in total. The number of nitrogens with zero attached hydrogens (tertiary/aromatic N) is 2. The summed E-state index contributed by atoms with van der Waals surface area (Å²) in [6.07, 6.45) is 5.37. The standard InChI is InChI=1S/C20H29N3O3S/c1-27-18-8-4-3-7-15(18)21-19(25)9-10-20(26)23-13-16(17(24)14-23)22-11-5-2-6-12-22/h3-4,7-8,16-17,24H,2,5-6,9-14H2,1H3,(H,21,25)/t16-,17-/m0/s1. The van der Waals surface area contributed by atoms with Crippen LogP contribution in [0.15, 0.2) is 29.2 Å². The number of aliphatic hydroxyl groups excluding tert-OH is 1. The minimum Gasteiger partial charge on any atom is -0.390 e. The van der Waals surface area contributed by atoms with Gasteiger partial charge in [0.2, 0.25) is 11.8 Å². The molecule has 0 radical (unpaired) electrons. The van der Waals surface area contributed by atoms with E-state index in [1.165, 1.54) is 6.42 Å². The number of piperidine rings is 1. The van der Waals surface area contributed by atoms with E-state index in [4.69, 9.17) is 0 Å². The highest BCUT2D eigenvalue weighted by Gasteiger charge is 2.37. The van der Waals surface area contributed by atoms with Crippen molar-refractivity contribution in [3.8, 4) is 0 Å². The van der Waals surface area contributed by atoms with Crippen LogP contribution in [0.25, 0.3) is 0 Å². The van der Waals surface area contributed by atoms with Crippen molar-refractivity contribution in [3.63, 3.8) is 0 Å². The number of benzene rings is 1. The second kappa shape index (κ2) is 9.57. The van der Waals surface area contributed by atoms with Gasteiger partial charge in [-0.2, -0.15) is 0 Å². The van der Waals surface area contributed by atoms with Gasteiger partial charge in [-0.1, -0.05) is 18.6 Å². The highest BCUT2D eigenvalue weighted by atomic mass is 32.2. The van der Waals surface area contributed by atoms with E-state index in [1.54, 1.807) is 16.7 Å². The summed E-state index contributed by atoms with van der Waals surface area (Å²) in [6, 6.07) is 7.68. The number of nitrogens with one attached hydrogen (secondary N) is 1. The lowest BCUT2D eigenvalue weighted by molar-refractivity contribution is -0.132. The van der Waals surface area contributed by atoms with Crippen molar-refractivity contribution in [1.82, 2.24) is 9.80 Å². The molecule has 2 N–H and O–H groups in total. The number of hydrogen-bond acceptors (Lipinski definition) is 5. The van der Waals surface area contributed by atoms with Gasteiger partial charge in [0.05, 0.1) is 17.8 Å². The van der Waals surface area contributed by atoms with Crippen LogP contribution >= 0.6 is 11.8 Å². The molecule has 0 unspecified atom stereocenters. The van der Waals surface area contributed by atoms with Gasteiger partial charge in [0.25, 0.3) is 0 Å². The third-order valence-electron chi connectivity index (χ3n) is 5.42. The summed E-state index contributed by atoms with van der Waals surface area (Å²) in [6.45, 7) is 2.94. The summed E-state index contributed by atoms with van der Waals surface area (Å²) >= 11 is 1.57. The largest absolute Gasteiger partial charge is 0.390 e. The van der Waals surface area contributed by atoms with Crippen molar-refractivity contribution < 1.29 is 14.7 Å². The molecular weight excluding hydrogens is 362 g/mol. The minimum atomic E-state index is -0.491. The molecule has 0 aliphatic carbocycles. The maximum atomic E-state index is 12.5. The van der Waals surface area contributed by atoms with E-state index in [0.29, 0.717) is 13.1 Å². The molecule has 2 atom stereocenters. The number of aliphatic hydroxyl groups is 1. The monoisotopic (exact) mass is 391 g/mol. The Labute approximate surface area is 165 Å². The summed E-state index contributed by atoms with van der Waals surface area (Å²) < 4.78 is 0. The molecule has 1 aromatic carbocycles. The third kappa shape index (κ3) is 5.24. The van der Waals surface area contributed by atoms with Gasteiger partial charge >= 0.3 is 0 Å². The van der Waals surface area contributed by atoms with Gasteiger partial charge < -0.3 is 15.3 Å². The number of amides is 2. The zero-order chi connectivity index (χ0) is 19.2. The zero-order valence-electron chi connectivity index (χ0n) is 15.9. The predicted octanol–water partition coefficient (Wildman–Crippen LogP) is 2.18. The molecule has 0 bridgehead atoms. The van der Waals surface area contributed by atoms with Gasteiger partial charge in [-0.25, -0.2) is 0 Å². The number of carbonyl (C=O) groups is 2. The third-order valence-corrected chi connectivity index (χ3v) is 6.21. The maximum Gasteiger partial charge on any atom is 0.224 e. The topological polar surface area (TPSA) is 72.9 Å². The van der Waals surface area contributed by atoms with Crippen LogP contribution in [0, 0.1) is 0 Å².